The maximum Gasteiger partial charge on any atom is 0.336 e. The van der Waals surface area contributed by atoms with E-state index in [1.165, 1.54) is 0 Å². The average Bonchev–Trinajstić information content (AvgIpc) is 2.91. The van der Waals surface area contributed by atoms with Crippen molar-refractivity contribution >= 4 is 16.7 Å². The summed E-state index contributed by atoms with van der Waals surface area (Å²) in [5, 5.41) is 10.8. The van der Waals surface area contributed by atoms with E-state index in [2.05, 4.69) is 4.98 Å². The Labute approximate surface area is 103 Å². The molecule has 88 valence electrons. The van der Waals surface area contributed by atoms with E-state index in [4.69, 9.17) is 0 Å². The fraction of sp³-hybridized carbons (Fsp3) is 0. The molecule has 0 radical (unpaired) electrons. The average molecular weight is 238 g/mol. The smallest absolute Gasteiger partial charge is 0.336 e. The lowest BCUT2D eigenvalue weighted by atomic mass is 10.0. The SMILES string of the molecule is O=C(O)c1ccc(-n2ccnc2)c2ccccc12. The molecule has 0 saturated heterocycles. The van der Waals surface area contributed by atoms with Crippen molar-refractivity contribution in [2.75, 3.05) is 0 Å². The maximum absolute atomic E-state index is 11.2. The van der Waals surface area contributed by atoms with Crippen LogP contribution in [0.15, 0.2) is 55.1 Å². The van der Waals surface area contributed by atoms with Crippen molar-refractivity contribution < 1.29 is 9.90 Å². The monoisotopic (exact) mass is 238 g/mol. The van der Waals surface area contributed by atoms with Gasteiger partial charge in [0.2, 0.25) is 0 Å². The highest BCUT2D eigenvalue weighted by Gasteiger charge is 2.11. The van der Waals surface area contributed by atoms with Crippen molar-refractivity contribution in [3.8, 4) is 5.69 Å². The molecular weight excluding hydrogens is 228 g/mol. The first-order chi connectivity index (χ1) is 8.77. The summed E-state index contributed by atoms with van der Waals surface area (Å²) in [4.78, 5) is 15.2. The number of fused-ring (bicyclic) bond motifs is 1. The minimum atomic E-state index is -0.914. The number of carboxylic acid groups (broad SMARTS) is 1. The van der Waals surface area contributed by atoms with Gasteiger partial charge in [-0.15, -0.1) is 0 Å². The molecule has 0 atom stereocenters. The van der Waals surface area contributed by atoms with Gasteiger partial charge in [-0.1, -0.05) is 24.3 Å². The van der Waals surface area contributed by atoms with Gasteiger partial charge in [-0.2, -0.15) is 0 Å². The molecule has 0 aliphatic carbocycles. The highest BCUT2D eigenvalue weighted by molar-refractivity contribution is 6.06. The predicted octanol–water partition coefficient (Wildman–Crippen LogP) is 2.72. The molecule has 2 aromatic carbocycles. The molecule has 0 aliphatic heterocycles. The quantitative estimate of drug-likeness (QED) is 0.746. The summed E-state index contributed by atoms with van der Waals surface area (Å²) in [7, 11) is 0. The number of imidazole rings is 1. The van der Waals surface area contributed by atoms with Gasteiger partial charge in [0.25, 0.3) is 0 Å². The van der Waals surface area contributed by atoms with E-state index in [9.17, 15) is 9.90 Å². The number of hydrogen-bond donors (Lipinski definition) is 1. The zero-order valence-corrected chi connectivity index (χ0v) is 9.45. The molecule has 0 amide bonds. The molecule has 1 N–H and O–H groups in total. The van der Waals surface area contributed by atoms with Gasteiger partial charge in [0.05, 0.1) is 17.6 Å². The standard InChI is InChI=1S/C14H10N2O2/c17-14(18)12-5-6-13(16-8-7-15-9-16)11-4-2-1-3-10(11)12/h1-9H,(H,17,18). The third kappa shape index (κ3) is 1.55. The fourth-order valence-electron chi connectivity index (χ4n) is 2.10. The van der Waals surface area contributed by atoms with Crippen molar-refractivity contribution in [2.24, 2.45) is 0 Å². The summed E-state index contributed by atoms with van der Waals surface area (Å²) < 4.78 is 1.87. The predicted molar refractivity (Wildman–Crippen MR) is 68.0 cm³/mol. The fourth-order valence-corrected chi connectivity index (χ4v) is 2.10. The molecule has 0 bridgehead atoms. The molecule has 0 spiro atoms. The van der Waals surface area contributed by atoms with Gasteiger partial charge in [-0.3, -0.25) is 0 Å². The maximum atomic E-state index is 11.2. The topological polar surface area (TPSA) is 55.1 Å². The Morgan fingerprint density at radius 3 is 2.56 bits per heavy atom. The molecule has 0 unspecified atom stereocenters. The largest absolute Gasteiger partial charge is 0.478 e. The van der Waals surface area contributed by atoms with Gasteiger partial charge < -0.3 is 9.67 Å². The number of benzene rings is 2. The zero-order chi connectivity index (χ0) is 12.5. The molecule has 0 saturated carbocycles. The van der Waals surface area contributed by atoms with E-state index < -0.39 is 5.97 Å². The Hall–Kier alpha value is -2.62. The summed E-state index contributed by atoms with van der Waals surface area (Å²) in [6.45, 7) is 0. The van der Waals surface area contributed by atoms with Crippen molar-refractivity contribution in [3.05, 3.63) is 60.7 Å². The number of aromatic nitrogens is 2. The van der Waals surface area contributed by atoms with Gasteiger partial charge >= 0.3 is 5.97 Å². The van der Waals surface area contributed by atoms with Crippen LogP contribution < -0.4 is 0 Å². The minimum absolute atomic E-state index is 0.314. The van der Waals surface area contributed by atoms with Crippen LogP contribution in [0.1, 0.15) is 10.4 Å². The van der Waals surface area contributed by atoms with Crippen molar-refractivity contribution in [2.45, 2.75) is 0 Å². The second-order valence-corrected chi connectivity index (χ2v) is 3.95. The molecule has 4 nitrogen and oxygen atoms in total. The lowest BCUT2D eigenvalue weighted by molar-refractivity contribution is 0.0699. The van der Waals surface area contributed by atoms with Gasteiger partial charge in [0.15, 0.2) is 0 Å². The first-order valence-corrected chi connectivity index (χ1v) is 5.51. The Kier molecular flexibility index (Phi) is 2.34. The van der Waals surface area contributed by atoms with Crippen LogP contribution in [0.3, 0.4) is 0 Å². The van der Waals surface area contributed by atoms with Crippen LogP contribution in [0.25, 0.3) is 16.5 Å². The van der Waals surface area contributed by atoms with E-state index in [0.717, 1.165) is 16.5 Å². The number of carbonyl (C=O) groups is 1. The molecule has 4 heteroatoms. The first kappa shape index (κ1) is 10.5. The number of carboxylic acids is 1. The van der Waals surface area contributed by atoms with E-state index in [1.807, 2.05) is 35.0 Å². The minimum Gasteiger partial charge on any atom is -0.478 e. The van der Waals surface area contributed by atoms with Gasteiger partial charge in [-0.05, 0) is 17.5 Å². The third-order valence-electron chi connectivity index (χ3n) is 2.91. The summed E-state index contributed by atoms with van der Waals surface area (Å²) in [6, 6.07) is 10.9. The van der Waals surface area contributed by atoms with Crippen LogP contribution in [0.4, 0.5) is 0 Å². The van der Waals surface area contributed by atoms with Gasteiger partial charge in [-0.25, -0.2) is 9.78 Å². The lowest BCUT2D eigenvalue weighted by Crippen LogP contribution is -2.00. The van der Waals surface area contributed by atoms with Crippen LogP contribution in [0, 0.1) is 0 Å². The van der Waals surface area contributed by atoms with Crippen LogP contribution >= 0.6 is 0 Å². The van der Waals surface area contributed by atoms with Crippen molar-refractivity contribution in [1.82, 2.24) is 9.55 Å². The highest BCUT2D eigenvalue weighted by atomic mass is 16.4. The molecule has 1 aromatic heterocycles. The molecule has 3 aromatic rings. The Morgan fingerprint density at radius 1 is 1.11 bits per heavy atom. The normalized spacial score (nSPS) is 10.7. The van der Waals surface area contributed by atoms with Crippen LogP contribution in [-0.2, 0) is 0 Å². The van der Waals surface area contributed by atoms with E-state index in [1.54, 1.807) is 24.7 Å². The molecule has 18 heavy (non-hydrogen) atoms. The number of nitrogens with zero attached hydrogens (tertiary/aromatic N) is 2. The number of rotatable bonds is 2. The van der Waals surface area contributed by atoms with Gasteiger partial charge in [0, 0.05) is 17.8 Å². The Bertz CT molecular complexity index is 718. The third-order valence-corrected chi connectivity index (χ3v) is 2.91. The number of hydrogen-bond acceptors (Lipinski definition) is 2. The Balaban J connectivity index is 2.37. The zero-order valence-electron chi connectivity index (χ0n) is 9.45. The summed E-state index contributed by atoms with van der Waals surface area (Å²) in [5.41, 5.74) is 1.24. The first-order valence-electron chi connectivity index (χ1n) is 5.51. The van der Waals surface area contributed by atoms with E-state index in [-0.39, 0.29) is 0 Å². The Morgan fingerprint density at radius 2 is 1.89 bits per heavy atom. The van der Waals surface area contributed by atoms with E-state index in [0.29, 0.717) is 5.56 Å². The molecule has 0 aliphatic rings. The molecule has 1 heterocycles. The summed E-state index contributed by atoms with van der Waals surface area (Å²) >= 11 is 0. The molecule has 0 fully saturated rings. The lowest BCUT2D eigenvalue weighted by Gasteiger charge is -2.09. The van der Waals surface area contributed by atoms with Crippen LogP contribution in [0.2, 0.25) is 0 Å². The van der Waals surface area contributed by atoms with Crippen LogP contribution in [-0.4, -0.2) is 20.6 Å². The van der Waals surface area contributed by atoms with Crippen molar-refractivity contribution in [3.63, 3.8) is 0 Å². The highest BCUT2D eigenvalue weighted by Crippen LogP contribution is 2.25. The summed E-state index contributed by atoms with van der Waals surface area (Å²) in [5.74, 6) is -0.914. The van der Waals surface area contributed by atoms with Crippen molar-refractivity contribution in [1.29, 1.82) is 0 Å². The van der Waals surface area contributed by atoms with Crippen LogP contribution in [0.5, 0.6) is 0 Å². The molecule has 3 rings (SSSR count). The summed E-state index contributed by atoms with van der Waals surface area (Å²) in [6.07, 6.45) is 5.23. The molecular formula is C14H10N2O2. The second kappa shape index (κ2) is 4.00. The van der Waals surface area contributed by atoms with E-state index >= 15 is 0 Å². The second-order valence-electron chi connectivity index (χ2n) is 3.95. The van der Waals surface area contributed by atoms with Gasteiger partial charge in [0.1, 0.15) is 0 Å². The number of aromatic carboxylic acids is 1.